The van der Waals surface area contributed by atoms with E-state index in [1.807, 2.05) is 43.5 Å². The summed E-state index contributed by atoms with van der Waals surface area (Å²) in [4.78, 5) is 59.9. The topological polar surface area (TPSA) is 186 Å². The number of rotatable bonds is 11. The molecule has 2 amide bonds. The average Bonchev–Trinajstić information content (AvgIpc) is 3.90. The Kier molecular flexibility index (Phi) is 11.9. The molecule has 0 aromatic carbocycles. The summed E-state index contributed by atoms with van der Waals surface area (Å²) < 4.78 is 9.65. The molecule has 0 radical (unpaired) electrons. The van der Waals surface area contributed by atoms with Gasteiger partial charge in [0.1, 0.15) is 34.0 Å². The van der Waals surface area contributed by atoms with Gasteiger partial charge in [0.05, 0.1) is 29.8 Å². The van der Waals surface area contributed by atoms with Crippen LogP contribution < -0.4 is 5.32 Å². The first-order valence-electron chi connectivity index (χ1n) is 17.3. The van der Waals surface area contributed by atoms with E-state index >= 15 is 0 Å². The summed E-state index contributed by atoms with van der Waals surface area (Å²) in [7, 11) is -1.13. The molecule has 0 saturated carbocycles. The number of aromatic amines is 1. The van der Waals surface area contributed by atoms with E-state index in [9.17, 15) is 19.5 Å². The number of H-pyrrole nitrogens is 1. The number of hydrogen-bond donors (Lipinski definition) is 3. The number of halogens is 1. The smallest absolute Gasteiger partial charge is 0.339 e. The lowest BCUT2D eigenvalue weighted by atomic mass is 9.85. The van der Waals surface area contributed by atoms with Crippen molar-refractivity contribution in [3.8, 4) is 11.3 Å². The molecule has 6 heterocycles. The Morgan fingerprint density at radius 3 is 2.40 bits per heavy atom. The molecule has 1 saturated heterocycles. The van der Waals surface area contributed by atoms with Crippen LogP contribution in [0.4, 0.5) is 0 Å². The zero-order valence-electron chi connectivity index (χ0n) is 30.7. The maximum absolute atomic E-state index is 13.2. The molecule has 5 aromatic rings. The lowest BCUT2D eigenvalue weighted by molar-refractivity contribution is -0.134. The fourth-order valence-electron chi connectivity index (χ4n) is 5.68. The Morgan fingerprint density at radius 1 is 1.04 bits per heavy atom. The van der Waals surface area contributed by atoms with E-state index in [0.717, 1.165) is 44.1 Å². The van der Waals surface area contributed by atoms with Crippen LogP contribution in [-0.2, 0) is 22.8 Å². The van der Waals surface area contributed by atoms with Crippen molar-refractivity contribution in [3.05, 3.63) is 52.9 Å². The van der Waals surface area contributed by atoms with Gasteiger partial charge in [-0.3, -0.25) is 14.3 Å². The maximum Gasteiger partial charge on any atom is 0.339 e. The highest BCUT2D eigenvalue weighted by molar-refractivity contribution is 9.10. The molecule has 0 spiro atoms. The molecule has 0 bridgehead atoms. The molecule has 278 valence electrons. The molecule has 0 unspecified atom stereocenters. The zero-order chi connectivity index (χ0) is 37.8. The van der Waals surface area contributed by atoms with E-state index in [1.54, 1.807) is 29.4 Å². The van der Waals surface area contributed by atoms with E-state index in [0.29, 0.717) is 44.8 Å². The van der Waals surface area contributed by atoms with Gasteiger partial charge >= 0.3 is 5.97 Å². The van der Waals surface area contributed by atoms with Crippen molar-refractivity contribution >= 4 is 64.1 Å². The Hall–Kier alpha value is -4.48. The highest BCUT2D eigenvalue weighted by Crippen LogP contribution is 2.26. The Morgan fingerprint density at radius 2 is 1.77 bits per heavy atom. The highest BCUT2D eigenvalue weighted by Gasteiger charge is 2.37. The summed E-state index contributed by atoms with van der Waals surface area (Å²) in [5, 5.41) is 16.5. The second kappa shape index (κ2) is 16.0. The first kappa shape index (κ1) is 38.7. The van der Waals surface area contributed by atoms with Gasteiger partial charge in [-0.25, -0.2) is 24.7 Å². The summed E-state index contributed by atoms with van der Waals surface area (Å²) in [5.74, 6) is -1.39. The van der Waals surface area contributed by atoms with Gasteiger partial charge in [0.2, 0.25) is 5.91 Å². The molecular weight excluding hydrogens is 748 g/mol. The van der Waals surface area contributed by atoms with E-state index in [1.165, 1.54) is 6.20 Å². The maximum atomic E-state index is 13.2. The van der Waals surface area contributed by atoms with Crippen LogP contribution in [0.2, 0.25) is 25.7 Å². The summed E-state index contributed by atoms with van der Waals surface area (Å²) in [5.41, 5.74) is 3.43. The van der Waals surface area contributed by atoms with Crippen LogP contribution in [0.3, 0.4) is 0 Å². The van der Waals surface area contributed by atoms with Crippen LogP contribution in [0.5, 0.6) is 0 Å². The van der Waals surface area contributed by atoms with Crippen molar-refractivity contribution in [1.82, 2.24) is 49.5 Å². The summed E-state index contributed by atoms with van der Waals surface area (Å²) in [6.45, 7) is 17.9. The number of nitrogens with zero attached hydrogens (tertiary/aromatic N) is 8. The van der Waals surface area contributed by atoms with Gasteiger partial charge in [0.25, 0.3) is 5.91 Å². The van der Waals surface area contributed by atoms with Crippen LogP contribution in [-0.4, -0.2) is 101 Å². The number of carbonyl (C=O) groups excluding carboxylic acids is 2. The van der Waals surface area contributed by atoms with Crippen LogP contribution >= 0.6 is 15.9 Å². The first-order chi connectivity index (χ1) is 24.6. The summed E-state index contributed by atoms with van der Waals surface area (Å²) in [6.07, 6.45) is 12.0. The first-order valence-corrected chi connectivity index (χ1v) is 21.8. The number of carboxylic acids is 1. The van der Waals surface area contributed by atoms with Crippen LogP contribution in [0.1, 0.15) is 61.3 Å². The van der Waals surface area contributed by atoms with Crippen molar-refractivity contribution < 1.29 is 24.2 Å². The van der Waals surface area contributed by atoms with Crippen molar-refractivity contribution in [3.63, 3.8) is 0 Å². The number of ether oxygens (including phenoxy) is 1. The summed E-state index contributed by atoms with van der Waals surface area (Å²) >= 11 is 3.21. The number of aromatic carboxylic acids is 1. The van der Waals surface area contributed by atoms with E-state index in [4.69, 9.17) is 4.74 Å². The van der Waals surface area contributed by atoms with Crippen LogP contribution in [0.25, 0.3) is 33.6 Å². The molecule has 0 aliphatic carbocycles. The van der Waals surface area contributed by atoms with Crippen molar-refractivity contribution in [1.29, 1.82) is 0 Å². The lowest BCUT2D eigenvalue weighted by Gasteiger charge is -2.33. The number of hydrogen-bond acceptors (Lipinski definition) is 9. The molecule has 1 atom stereocenters. The van der Waals surface area contributed by atoms with Gasteiger partial charge in [-0.05, 0) is 47.2 Å². The molecular formula is C35H47BrN10O5Si. The number of likely N-dealkylation sites (tertiary alicyclic amines) is 1. The number of aromatic nitrogens is 8. The van der Waals surface area contributed by atoms with Crippen molar-refractivity contribution in [2.24, 2.45) is 5.41 Å². The van der Waals surface area contributed by atoms with Crippen molar-refractivity contribution in [2.75, 3.05) is 19.7 Å². The molecule has 17 heteroatoms. The fraction of sp³-hybridized carbons (Fsp3) is 0.486. The second-order valence-electron chi connectivity index (χ2n) is 15.1. The number of aryl methyl sites for hydroxylation is 1. The van der Waals surface area contributed by atoms with Crippen molar-refractivity contribution in [2.45, 2.75) is 85.5 Å². The number of nitrogens with one attached hydrogen (secondary N) is 2. The molecule has 52 heavy (non-hydrogen) atoms. The Balaban J connectivity index is 0.000000217. The lowest BCUT2D eigenvalue weighted by Crippen LogP contribution is -2.54. The average molecular weight is 796 g/mol. The minimum atomic E-state index is -1.13. The molecule has 1 fully saturated rings. The van der Waals surface area contributed by atoms with Gasteiger partial charge in [0.15, 0.2) is 11.3 Å². The minimum absolute atomic E-state index is 0.0306. The minimum Gasteiger partial charge on any atom is -0.478 e. The van der Waals surface area contributed by atoms with Gasteiger partial charge in [-0.15, -0.1) is 0 Å². The van der Waals surface area contributed by atoms with Gasteiger partial charge in [-0.2, -0.15) is 5.10 Å². The summed E-state index contributed by atoms with van der Waals surface area (Å²) in [6, 6.07) is 0.442. The standard InChI is InChI=1S/C22H29N7O2.C13H18BrN3O3Si/c1-5-29-13-14(10-25-29)16-12-24-19-17(26-16)15(11-23-19)20(30)27-18(22(2,3)4)21(31)28-8-6-7-9-28;1-21(2,3)5-4-20-8-17-7-9(13(18)19)11-12(17)15-6-10(14)16-11/h10-13,18H,5-9H2,1-4H3,(H,23,24)(H,27,30);6-7H,4-5,8H2,1-3H3,(H,18,19)/t18-;/m0./s1. The number of amides is 2. The van der Waals surface area contributed by atoms with E-state index in [-0.39, 0.29) is 24.1 Å². The fourth-order valence-corrected chi connectivity index (χ4v) is 6.71. The third-order valence-corrected chi connectivity index (χ3v) is 10.8. The molecule has 15 nitrogen and oxygen atoms in total. The predicted molar refractivity (Wildman–Crippen MR) is 204 cm³/mol. The highest BCUT2D eigenvalue weighted by atomic mass is 79.9. The number of carbonyl (C=O) groups is 3. The molecule has 3 N–H and O–H groups in total. The third-order valence-electron chi connectivity index (χ3n) is 8.68. The van der Waals surface area contributed by atoms with Gasteiger partial charge in [0, 0.05) is 58.5 Å². The van der Waals surface area contributed by atoms with E-state index in [2.05, 4.69) is 70.9 Å². The zero-order valence-corrected chi connectivity index (χ0v) is 33.3. The van der Waals surface area contributed by atoms with E-state index < -0.39 is 25.5 Å². The Labute approximate surface area is 311 Å². The Bertz CT molecular complexity index is 2060. The predicted octanol–water partition coefficient (Wildman–Crippen LogP) is 5.81. The van der Waals surface area contributed by atoms with Crippen LogP contribution in [0, 0.1) is 5.41 Å². The number of fused-ring (bicyclic) bond motifs is 2. The molecule has 1 aliphatic heterocycles. The monoisotopic (exact) mass is 794 g/mol. The van der Waals surface area contributed by atoms with Crippen LogP contribution in [0.15, 0.2) is 41.8 Å². The molecule has 5 aromatic heterocycles. The third kappa shape index (κ3) is 9.29. The molecule has 1 aliphatic rings. The largest absolute Gasteiger partial charge is 0.478 e. The second-order valence-corrected chi connectivity index (χ2v) is 21.5. The quantitative estimate of drug-likeness (QED) is 0.109. The number of carboxylic acid groups (broad SMARTS) is 1. The molecule has 6 rings (SSSR count). The SMILES string of the molecule is CCn1cc(-c2cnc3[nH]cc(C(=O)N[C@@H](C(=O)N4CCCC4)C(C)(C)C)c3n2)cn1.C[Si](C)(C)CCOCn1cc(C(=O)O)c2nc(Br)cnc21. The van der Waals surface area contributed by atoms with Gasteiger partial charge in [-0.1, -0.05) is 40.4 Å². The van der Waals surface area contributed by atoms with Gasteiger partial charge < -0.3 is 29.6 Å². The normalized spacial score (nSPS) is 14.0.